The number of alkyl carbamates (subject to hydrolysis) is 1. The van der Waals surface area contributed by atoms with Gasteiger partial charge in [0.2, 0.25) is 17.1 Å². The van der Waals surface area contributed by atoms with E-state index in [1.165, 1.54) is 0 Å². The summed E-state index contributed by atoms with van der Waals surface area (Å²) in [6.07, 6.45) is -1.19. The number of carbonyl (C=O) groups is 2. The summed E-state index contributed by atoms with van der Waals surface area (Å²) in [6.45, 7) is 0.0989. The minimum absolute atomic E-state index is 0.0384. The van der Waals surface area contributed by atoms with Crippen LogP contribution in [-0.2, 0) is 33.9 Å². The summed E-state index contributed by atoms with van der Waals surface area (Å²) in [4.78, 5) is 28.5. The molecule has 3 rings (SSSR count). The Morgan fingerprint density at radius 1 is 0.833 bits per heavy atom. The molecule has 9 heteroatoms. The number of nitrogens with zero attached hydrogens (tertiary/aromatic N) is 2. The number of hydrogen-bond acceptors (Lipinski definition) is 6. The number of carbonyl (C=O) groups excluding carboxylic acids is 2. The van der Waals surface area contributed by atoms with E-state index in [1.54, 1.807) is 0 Å². The zero-order valence-corrected chi connectivity index (χ0v) is 19.5. The van der Waals surface area contributed by atoms with Crippen LogP contribution in [0.5, 0.6) is 0 Å². The van der Waals surface area contributed by atoms with Crippen molar-refractivity contribution in [3.05, 3.63) is 125 Å². The van der Waals surface area contributed by atoms with Gasteiger partial charge >= 0.3 is 12.3 Å². The molecule has 0 fully saturated rings. The highest BCUT2D eigenvalue weighted by atomic mass is 16.5. The summed E-state index contributed by atoms with van der Waals surface area (Å²) < 4.78 is 10.9. The van der Waals surface area contributed by atoms with Gasteiger partial charge in [0.25, 0.3) is 0 Å². The summed E-state index contributed by atoms with van der Waals surface area (Å²) in [5.74, 6) is -1.15. The van der Waals surface area contributed by atoms with Gasteiger partial charge in [-0.3, -0.25) is 4.79 Å². The van der Waals surface area contributed by atoms with E-state index in [4.69, 9.17) is 14.9 Å². The Morgan fingerprint density at radius 2 is 1.36 bits per heavy atom. The van der Waals surface area contributed by atoms with E-state index >= 15 is 0 Å². The zero-order valence-electron chi connectivity index (χ0n) is 19.5. The molecule has 184 valence electrons. The van der Waals surface area contributed by atoms with E-state index in [0.29, 0.717) is 0 Å². The predicted octanol–water partition coefficient (Wildman–Crippen LogP) is 4.44. The van der Waals surface area contributed by atoms with Gasteiger partial charge in [0, 0.05) is 6.42 Å². The molecule has 0 saturated carbocycles. The van der Waals surface area contributed by atoms with Gasteiger partial charge in [0.15, 0.2) is 11.2 Å². The fourth-order valence-electron chi connectivity index (χ4n) is 3.28. The fourth-order valence-corrected chi connectivity index (χ4v) is 3.28. The number of diazo groups is 1. The van der Waals surface area contributed by atoms with Crippen LogP contribution in [0.25, 0.3) is 4.98 Å². The van der Waals surface area contributed by atoms with Crippen molar-refractivity contribution in [1.29, 1.82) is 5.39 Å². The average molecular weight is 488 g/mol. The summed E-state index contributed by atoms with van der Waals surface area (Å²) in [5.41, 5.74) is 2.40. The predicted molar refractivity (Wildman–Crippen MR) is 133 cm³/mol. The normalized spacial score (nSPS) is 12.6. The SMILES string of the molecule is N#[N+]/C=C(\O)[C@@H](NC(=O)[C@H](Cc1ccccc1)NC(=O)OCc1ccccc1)OCc1ccccc1. The van der Waals surface area contributed by atoms with Crippen LogP contribution >= 0.6 is 0 Å². The lowest BCUT2D eigenvalue weighted by Crippen LogP contribution is -2.51. The number of rotatable bonds is 11. The molecule has 0 radical (unpaired) electrons. The quantitative estimate of drug-likeness (QED) is 0.209. The van der Waals surface area contributed by atoms with Crippen LogP contribution in [0, 0.1) is 5.39 Å². The first-order valence-corrected chi connectivity index (χ1v) is 11.3. The molecule has 0 heterocycles. The molecule has 3 aromatic rings. The molecule has 0 aliphatic rings. The van der Waals surface area contributed by atoms with Crippen molar-refractivity contribution < 1.29 is 24.2 Å². The average Bonchev–Trinajstić information content (AvgIpc) is 2.91. The summed E-state index contributed by atoms with van der Waals surface area (Å²) in [6, 6.07) is 26.4. The number of ether oxygens (including phenoxy) is 2. The van der Waals surface area contributed by atoms with Gasteiger partial charge in [-0.15, -0.1) is 0 Å². The maximum Gasteiger partial charge on any atom is 0.408 e. The number of benzene rings is 3. The molecular weight excluding hydrogens is 460 g/mol. The van der Waals surface area contributed by atoms with Gasteiger partial charge in [-0.2, -0.15) is 0 Å². The van der Waals surface area contributed by atoms with Crippen LogP contribution in [0.3, 0.4) is 0 Å². The minimum atomic E-state index is -1.32. The van der Waals surface area contributed by atoms with Crippen LogP contribution in [-0.4, -0.2) is 29.4 Å². The lowest BCUT2D eigenvalue weighted by Gasteiger charge is -2.22. The van der Waals surface area contributed by atoms with Crippen LogP contribution in [0.15, 0.2) is 103 Å². The van der Waals surface area contributed by atoms with Crippen LogP contribution in [0.2, 0.25) is 0 Å². The molecule has 0 aliphatic heterocycles. The standard InChI is InChI=1S/C27H26N4O5/c28-29-17-24(32)26(35-18-21-12-6-2-7-13-21)31-25(33)23(16-20-10-4-1-5-11-20)30-27(34)36-19-22-14-8-3-9-15-22/h1-15,17,23,26H,16,18-19H2,(H2-,30,31,32,33,34)/p+1/b24-17-/t23-,26-/m0/s1. The summed E-state index contributed by atoms with van der Waals surface area (Å²) in [7, 11) is 0. The molecule has 0 bridgehead atoms. The minimum Gasteiger partial charge on any atom is -0.502 e. The fraction of sp³-hybridized carbons (Fsp3) is 0.185. The zero-order chi connectivity index (χ0) is 25.6. The van der Waals surface area contributed by atoms with Gasteiger partial charge < -0.3 is 25.2 Å². The number of aliphatic hydroxyl groups excluding tert-OH is 1. The first-order valence-electron chi connectivity index (χ1n) is 11.3. The van der Waals surface area contributed by atoms with Crippen LogP contribution in [0.4, 0.5) is 4.79 Å². The third-order valence-corrected chi connectivity index (χ3v) is 5.10. The largest absolute Gasteiger partial charge is 0.502 e. The van der Waals surface area contributed by atoms with Gasteiger partial charge in [-0.05, 0) is 16.7 Å². The Bertz CT molecular complexity index is 1180. The first-order chi connectivity index (χ1) is 17.5. The van der Waals surface area contributed by atoms with Crippen molar-refractivity contribution in [3.63, 3.8) is 0 Å². The van der Waals surface area contributed by atoms with Crippen molar-refractivity contribution in [1.82, 2.24) is 10.6 Å². The molecule has 0 unspecified atom stereocenters. The third-order valence-electron chi connectivity index (χ3n) is 5.10. The Morgan fingerprint density at radius 3 is 1.92 bits per heavy atom. The maximum atomic E-state index is 13.2. The lowest BCUT2D eigenvalue weighted by molar-refractivity contribution is -0.127. The second-order valence-electron chi connectivity index (χ2n) is 7.80. The van der Waals surface area contributed by atoms with Crippen molar-refractivity contribution in [2.24, 2.45) is 0 Å². The molecule has 0 spiro atoms. The van der Waals surface area contributed by atoms with E-state index < -0.39 is 30.0 Å². The smallest absolute Gasteiger partial charge is 0.408 e. The van der Waals surface area contributed by atoms with Crippen LogP contribution < -0.4 is 10.6 Å². The van der Waals surface area contributed by atoms with Crippen molar-refractivity contribution >= 4 is 12.0 Å². The molecule has 9 nitrogen and oxygen atoms in total. The van der Waals surface area contributed by atoms with Gasteiger partial charge in [-0.25, -0.2) is 4.79 Å². The Hall–Kier alpha value is -4.68. The maximum absolute atomic E-state index is 13.2. The van der Waals surface area contributed by atoms with Crippen LogP contribution in [0.1, 0.15) is 16.7 Å². The monoisotopic (exact) mass is 487 g/mol. The molecule has 3 N–H and O–H groups in total. The van der Waals surface area contributed by atoms with Gasteiger partial charge in [0.05, 0.1) is 6.61 Å². The van der Waals surface area contributed by atoms with E-state index in [-0.39, 0.29) is 19.6 Å². The molecule has 2 amide bonds. The molecule has 2 atom stereocenters. The second-order valence-corrected chi connectivity index (χ2v) is 7.80. The second kappa shape index (κ2) is 13.9. The van der Waals surface area contributed by atoms with E-state index in [2.05, 4.69) is 15.6 Å². The van der Waals surface area contributed by atoms with E-state index in [9.17, 15) is 14.7 Å². The summed E-state index contributed by atoms with van der Waals surface area (Å²) in [5, 5.41) is 24.2. The number of amides is 2. The third kappa shape index (κ3) is 8.59. The van der Waals surface area contributed by atoms with Crippen molar-refractivity contribution in [2.45, 2.75) is 31.9 Å². The Balaban J connectivity index is 1.70. The van der Waals surface area contributed by atoms with Gasteiger partial charge in [-0.1, -0.05) is 91.0 Å². The number of nitrogens with one attached hydrogen (secondary N) is 2. The molecule has 0 aromatic heterocycles. The van der Waals surface area contributed by atoms with E-state index in [1.807, 2.05) is 91.0 Å². The summed E-state index contributed by atoms with van der Waals surface area (Å²) >= 11 is 0. The number of aliphatic hydroxyl groups is 1. The molecule has 0 saturated heterocycles. The Labute approximate surface area is 209 Å². The first kappa shape index (κ1) is 25.9. The van der Waals surface area contributed by atoms with Crippen molar-refractivity contribution in [2.75, 3.05) is 0 Å². The van der Waals surface area contributed by atoms with Gasteiger partial charge in [0.1, 0.15) is 12.6 Å². The highest BCUT2D eigenvalue weighted by molar-refractivity contribution is 5.86. The highest BCUT2D eigenvalue weighted by Crippen LogP contribution is 2.10. The molecule has 3 aromatic carbocycles. The van der Waals surface area contributed by atoms with Crippen molar-refractivity contribution in [3.8, 4) is 0 Å². The molecule has 0 aliphatic carbocycles. The molecular formula is C27H27N4O5+. The lowest BCUT2D eigenvalue weighted by atomic mass is 10.1. The number of hydrogen-bond donors (Lipinski definition) is 3. The highest BCUT2D eigenvalue weighted by Gasteiger charge is 2.27. The van der Waals surface area contributed by atoms with E-state index in [0.717, 1.165) is 22.9 Å². The topological polar surface area (TPSA) is 125 Å². The Kier molecular flexibility index (Phi) is 10.0. The molecule has 36 heavy (non-hydrogen) atoms.